The van der Waals surface area contributed by atoms with E-state index in [4.69, 9.17) is 10.3 Å². The van der Waals surface area contributed by atoms with Crippen LogP contribution in [0.3, 0.4) is 0 Å². The Labute approximate surface area is 100.0 Å². The first-order chi connectivity index (χ1) is 7.83. The van der Waals surface area contributed by atoms with E-state index in [1.807, 2.05) is 0 Å². The van der Waals surface area contributed by atoms with Crippen molar-refractivity contribution in [1.29, 1.82) is 0 Å². The second kappa shape index (κ2) is 5.25. The van der Waals surface area contributed by atoms with Crippen molar-refractivity contribution in [3.05, 3.63) is 10.4 Å². The van der Waals surface area contributed by atoms with Gasteiger partial charge in [0.05, 0.1) is 12.6 Å². The van der Waals surface area contributed by atoms with Gasteiger partial charge in [0.2, 0.25) is 0 Å². The molecule has 0 saturated carbocycles. The Morgan fingerprint density at radius 3 is 2.82 bits per heavy atom. The molecule has 1 amide bonds. The molecule has 7 nitrogen and oxygen atoms in total. The number of likely N-dealkylation sites (tertiary alicyclic amines) is 1. The summed E-state index contributed by atoms with van der Waals surface area (Å²) in [6.45, 7) is 5.72. The van der Waals surface area contributed by atoms with Gasteiger partial charge < -0.3 is 14.7 Å². The van der Waals surface area contributed by atoms with Gasteiger partial charge in [-0.25, -0.2) is 4.79 Å². The lowest BCUT2D eigenvalue weighted by atomic mass is 10.2. The van der Waals surface area contributed by atoms with Crippen LogP contribution in [0.2, 0.25) is 0 Å². The number of hydrogen-bond acceptors (Lipinski definition) is 4. The average molecular weight is 242 g/mol. The van der Waals surface area contributed by atoms with E-state index in [-0.39, 0.29) is 19.1 Å². The molecule has 0 aliphatic carbocycles. The minimum Gasteiger partial charge on any atom is -0.444 e. The first-order valence-corrected chi connectivity index (χ1v) is 5.52. The van der Waals surface area contributed by atoms with Crippen LogP contribution in [0.4, 0.5) is 4.79 Å². The van der Waals surface area contributed by atoms with E-state index in [9.17, 15) is 9.90 Å². The number of carbonyl (C=O) groups is 1. The lowest BCUT2D eigenvalue weighted by Crippen LogP contribution is -2.41. The molecule has 17 heavy (non-hydrogen) atoms. The molecule has 2 atom stereocenters. The van der Waals surface area contributed by atoms with Crippen LogP contribution >= 0.6 is 0 Å². The predicted molar refractivity (Wildman–Crippen MR) is 61.4 cm³/mol. The van der Waals surface area contributed by atoms with Crippen molar-refractivity contribution < 1.29 is 14.6 Å². The minimum atomic E-state index is -0.582. The van der Waals surface area contributed by atoms with Gasteiger partial charge >= 0.3 is 6.09 Å². The zero-order valence-electron chi connectivity index (χ0n) is 10.3. The fourth-order valence-corrected chi connectivity index (χ4v) is 1.74. The molecule has 96 valence electrons. The zero-order chi connectivity index (χ0) is 13.1. The Bertz CT molecular complexity index is 333. The predicted octanol–water partition coefficient (Wildman–Crippen LogP) is 1.67. The molecule has 0 unspecified atom stereocenters. The standard InChI is InChI=1S/C10H18N4O3/c1-10(2,3)17-9(16)14-6-8(15)4-7(14)5-12-13-11/h7-8,15H,4-6H2,1-3H3/t7-,8-/m1/s1. The second-order valence-corrected chi connectivity index (χ2v) is 5.09. The summed E-state index contributed by atoms with van der Waals surface area (Å²) in [6.07, 6.45) is -0.647. The summed E-state index contributed by atoms with van der Waals surface area (Å²) in [5, 5.41) is 13.0. The van der Waals surface area contributed by atoms with E-state index in [1.165, 1.54) is 4.90 Å². The monoisotopic (exact) mass is 242 g/mol. The van der Waals surface area contributed by atoms with Gasteiger partial charge in [-0.2, -0.15) is 0 Å². The fraction of sp³-hybridized carbons (Fsp3) is 0.900. The molecule has 0 radical (unpaired) electrons. The van der Waals surface area contributed by atoms with Gasteiger partial charge in [0.1, 0.15) is 5.60 Å². The molecular weight excluding hydrogens is 224 g/mol. The third-order valence-corrected chi connectivity index (χ3v) is 2.38. The number of rotatable bonds is 2. The van der Waals surface area contributed by atoms with Crippen LogP contribution in [0, 0.1) is 0 Å². The quantitative estimate of drug-likeness (QED) is 0.453. The molecule has 0 aromatic carbocycles. The number of amides is 1. The molecular formula is C10H18N4O3. The number of aliphatic hydroxyl groups excluding tert-OH is 1. The van der Waals surface area contributed by atoms with Crippen molar-refractivity contribution in [3.8, 4) is 0 Å². The fourth-order valence-electron chi connectivity index (χ4n) is 1.74. The molecule has 1 aliphatic rings. The van der Waals surface area contributed by atoms with Gasteiger partial charge in [0, 0.05) is 17.5 Å². The number of ether oxygens (including phenoxy) is 1. The summed E-state index contributed by atoms with van der Waals surface area (Å²) in [6, 6.07) is -0.282. The van der Waals surface area contributed by atoms with Gasteiger partial charge in [-0.15, -0.1) is 0 Å². The molecule has 1 heterocycles. The van der Waals surface area contributed by atoms with Gasteiger partial charge in [-0.1, -0.05) is 5.11 Å². The molecule has 0 spiro atoms. The highest BCUT2D eigenvalue weighted by molar-refractivity contribution is 5.69. The normalized spacial score (nSPS) is 24.4. The maximum atomic E-state index is 11.8. The Hall–Kier alpha value is -1.46. The molecule has 0 aromatic heterocycles. The molecule has 1 rings (SSSR count). The van der Waals surface area contributed by atoms with Crippen LogP contribution in [-0.2, 0) is 4.74 Å². The molecule has 7 heteroatoms. The van der Waals surface area contributed by atoms with Crippen LogP contribution in [0.15, 0.2) is 5.11 Å². The van der Waals surface area contributed by atoms with E-state index in [0.29, 0.717) is 6.42 Å². The lowest BCUT2D eigenvalue weighted by Gasteiger charge is -2.27. The van der Waals surface area contributed by atoms with E-state index < -0.39 is 17.8 Å². The summed E-state index contributed by atoms with van der Waals surface area (Å²) in [5.74, 6) is 0. The van der Waals surface area contributed by atoms with Gasteiger partial charge in [0.25, 0.3) is 0 Å². The Morgan fingerprint density at radius 1 is 1.65 bits per heavy atom. The second-order valence-electron chi connectivity index (χ2n) is 5.09. The smallest absolute Gasteiger partial charge is 0.410 e. The molecule has 0 bridgehead atoms. The summed E-state index contributed by atoms with van der Waals surface area (Å²) in [7, 11) is 0. The summed E-state index contributed by atoms with van der Waals surface area (Å²) >= 11 is 0. The van der Waals surface area contributed by atoms with Crippen molar-refractivity contribution >= 4 is 6.09 Å². The molecule has 1 aliphatic heterocycles. The number of azide groups is 1. The van der Waals surface area contributed by atoms with Crippen molar-refractivity contribution in [2.24, 2.45) is 5.11 Å². The van der Waals surface area contributed by atoms with Crippen LogP contribution in [0.5, 0.6) is 0 Å². The van der Waals surface area contributed by atoms with Crippen LogP contribution in [0.1, 0.15) is 27.2 Å². The largest absolute Gasteiger partial charge is 0.444 e. The van der Waals surface area contributed by atoms with Gasteiger partial charge in [-0.05, 0) is 32.7 Å². The third kappa shape index (κ3) is 4.13. The van der Waals surface area contributed by atoms with E-state index >= 15 is 0 Å². The molecule has 1 saturated heterocycles. The summed E-state index contributed by atoms with van der Waals surface area (Å²) < 4.78 is 5.22. The van der Waals surface area contributed by atoms with Crippen molar-refractivity contribution in [2.45, 2.75) is 44.9 Å². The summed E-state index contributed by atoms with van der Waals surface area (Å²) in [5.41, 5.74) is 7.69. The average Bonchev–Trinajstić information content (AvgIpc) is 2.54. The maximum Gasteiger partial charge on any atom is 0.410 e. The van der Waals surface area contributed by atoms with Crippen LogP contribution in [0.25, 0.3) is 10.4 Å². The minimum absolute atomic E-state index is 0.160. The highest BCUT2D eigenvalue weighted by Crippen LogP contribution is 2.21. The number of nitrogens with zero attached hydrogens (tertiary/aromatic N) is 4. The molecule has 1 N–H and O–H groups in total. The van der Waals surface area contributed by atoms with Crippen LogP contribution < -0.4 is 0 Å². The highest BCUT2D eigenvalue weighted by Gasteiger charge is 2.36. The Morgan fingerprint density at radius 2 is 2.29 bits per heavy atom. The highest BCUT2D eigenvalue weighted by atomic mass is 16.6. The lowest BCUT2D eigenvalue weighted by molar-refractivity contribution is 0.0214. The third-order valence-electron chi connectivity index (χ3n) is 2.38. The SMILES string of the molecule is CC(C)(C)OC(=O)N1C[C@H](O)C[C@@H]1CN=[N+]=[N-]. The first-order valence-electron chi connectivity index (χ1n) is 5.52. The molecule has 1 fully saturated rings. The van der Waals surface area contributed by atoms with Gasteiger partial charge in [0.15, 0.2) is 0 Å². The van der Waals surface area contributed by atoms with Gasteiger partial charge in [-0.3, -0.25) is 0 Å². The van der Waals surface area contributed by atoms with E-state index in [1.54, 1.807) is 20.8 Å². The first kappa shape index (κ1) is 13.6. The Kier molecular flexibility index (Phi) is 4.20. The maximum absolute atomic E-state index is 11.8. The van der Waals surface area contributed by atoms with Crippen molar-refractivity contribution in [3.63, 3.8) is 0 Å². The van der Waals surface area contributed by atoms with Crippen molar-refractivity contribution in [2.75, 3.05) is 13.1 Å². The van der Waals surface area contributed by atoms with E-state index in [2.05, 4.69) is 10.0 Å². The summed E-state index contributed by atoms with van der Waals surface area (Å²) in [4.78, 5) is 15.9. The zero-order valence-corrected chi connectivity index (χ0v) is 10.3. The number of carbonyl (C=O) groups excluding carboxylic acids is 1. The van der Waals surface area contributed by atoms with Crippen molar-refractivity contribution in [1.82, 2.24) is 4.90 Å². The molecule has 0 aromatic rings. The number of β-amino-alcohol motifs (C(OH)–C–C–N with tert-alkyl or cyclic N) is 1. The van der Waals surface area contributed by atoms with E-state index in [0.717, 1.165) is 0 Å². The number of aliphatic hydroxyl groups is 1. The number of hydrogen-bond donors (Lipinski definition) is 1. The topological polar surface area (TPSA) is 98.5 Å². The Balaban J connectivity index is 2.66. The van der Waals surface area contributed by atoms with Crippen LogP contribution in [-0.4, -0.2) is 46.9 Å².